The average Bonchev–Trinajstić information content (AvgIpc) is 2.66. The highest BCUT2D eigenvalue weighted by molar-refractivity contribution is 5.71. The Morgan fingerprint density at radius 2 is 1.46 bits per heavy atom. The van der Waals surface area contributed by atoms with Crippen LogP contribution in [0.2, 0.25) is 0 Å². The molecular weight excluding hydrogens is 367 g/mol. The number of halogens is 1. The second-order valence-electron chi connectivity index (χ2n) is 5.11. The molecule has 28 heavy (non-hydrogen) atoms. The van der Waals surface area contributed by atoms with Crippen molar-refractivity contribution in [3.8, 4) is 11.5 Å². The van der Waals surface area contributed by atoms with Crippen LogP contribution >= 0.6 is 0 Å². The van der Waals surface area contributed by atoms with Gasteiger partial charge in [-0.15, -0.1) is 0 Å². The molecule has 0 saturated heterocycles. The summed E-state index contributed by atoms with van der Waals surface area (Å²) >= 11 is 0. The van der Waals surface area contributed by atoms with E-state index in [4.69, 9.17) is 19.7 Å². The number of carboxylic acids is 2. The highest BCUT2D eigenvalue weighted by Crippen LogP contribution is 2.23. The molecule has 0 aliphatic heterocycles. The summed E-state index contributed by atoms with van der Waals surface area (Å²) in [5.41, 5.74) is 1.06. The van der Waals surface area contributed by atoms with Crippen LogP contribution in [0.4, 0.5) is 4.39 Å². The van der Waals surface area contributed by atoms with Crippen molar-refractivity contribution < 1.29 is 33.7 Å². The van der Waals surface area contributed by atoms with E-state index in [9.17, 15) is 14.0 Å². The highest BCUT2D eigenvalue weighted by atomic mass is 19.1. The molecule has 0 saturated carbocycles. The molecule has 0 spiro atoms. The lowest BCUT2D eigenvalue weighted by atomic mass is 10.1. The predicted octanol–water partition coefficient (Wildman–Crippen LogP) is 4.20. The first-order chi connectivity index (χ1) is 13.4. The number of para-hydroxylation sites is 2. The Morgan fingerprint density at radius 3 is 2.00 bits per heavy atom. The molecule has 2 aromatic carbocycles. The van der Waals surface area contributed by atoms with E-state index in [1.54, 1.807) is 31.2 Å². The number of hydrogen-bond donors (Lipinski definition) is 2. The van der Waals surface area contributed by atoms with E-state index >= 15 is 0 Å². The maximum Gasteiger partial charge on any atom is 0.307 e. The maximum atomic E-state index is 13.2. The number of ether oxygens (including phenoxy) is 2. The van der Waals surface area contributed by atoms with Crippen LogP contribution in [-0.4, -0.2) is 35.9 Å². The minimum atomic E-state index is -1.00. The summed E-state index contributed by atoms with van der Waals surface area (Å²) in [5, 5.41) is 17.1. The first-order valence-corrected chi connectivity index (χ1v) is 8.84. The summed E-state index contributed by atoms with van der Waals surface area (Å²) in [5.74, 6) is -1.71. The first-order valence-electron chi connectivity index (χ1n) is 8.84. The molecule has 2 N–H and O–H groups in total. The largest absolute Gasteiger partial charge is 0.496 e. The Hall–Kier alpha value is -3.09. The van der Waals surface area contributed by atoms with Crippen molar-refractivity contribution in [2.75, 3.05) is 13.7 Å². The molecule has 0 aromatic heterocycles. The third-order valence-corrected chi connectivity index (χ3v) is 3.21. The fourth-order valence-electron chi connectivity index (χ4n) is 2.17. The second kappa shape index (κ2) is 14.0. The zero-order valence-corrected chi connectivity index (χ0v) is 16.6. The van der Waals surface area contributed by atoms with Crippen LogP contribution in [0, 0.1) is 5.82 Å². The SMILES string of the molecule is CC.CCOc1c(F)cccc1CC(=O)O.COc1ccccc1CC(=O)O. The molecule has 0 atom stereocenters. The number of methoxy groups -OCH3 is 1. The standard InChI is InChI=1S/C10H11FO3.C9H10O3.C2H6/c1-2-14-10-7(6-9(12)13)4-3-5-8(10)11;1-12-8-5-3-2-4-7(8)6-9(10)11;1-2/h3-5H,2,6H2,1H3,(H,12,13);2-5H,6H2,1H3,(H,10,11);1-2H3. The molecule has 0 radical (unpaired) electrons. The highest BCUT2D eigenvalue weighted by Gasteiger charge is 2.11. The van der Waals surface area contributed by atoms with Gasteiger partial charge in [0.05, 0.1) is 26.6 Å². The van der Waals surface area contributed by atoms with Gasteiger partial charge in [0.25, 0.3) is 0 Å². The lowest BCUT2D eigenvalue weighted by molar-refractivity contribution is -0.137. The first kappa shape index (κ1) is 24.9. The number of rotatable bonds is 7. The summed E-state index contributed by atoms with van der Waals surface area (Å²) in [6.45, 7) is 6.03. The summed E-state index contributed by atoms with van der Waals surface area (Å²) in [6, 6.07) is 11.4. The molecule has 0 bridgehead atoms. The topological polar surface area (TPSA) is 93.1 Å². The Labute approximate surface area is 164 Å². The van der Waals surface area contributed by atoms with Crippen LogP contribution in [0.25, 0.3) is 0 Å². The van der Waals surface area contributed by atoms with Crippen molar-refractivity contribution in [2.24, 2.45) is 0 Å². The van der Waals surface area contributed by atoms with E-state index in [1.807, 2.05) is 19.9 Å². The average molecular weight is 394 g/mol. The van der Waals surface area contributed by atoms with Gasteiger partial charge in [-0.2, -0.15) is 0 Å². The van der Waals surface area contributed by atoms with Crippen LogP contribution < -0.4 is 9.47 Å². The number of aliphatic carboxylic acids is 2. The molecule has 0 amide bonds. The van der Waals surface area contributed by atoms with Gasteiger partial charge in [0, 0.05) is 11.1 Å². The number of carboxylic acid groups (broad SMARTS) is 2. The number of carbonyl (C=O) groups is 2. The van der Waals surface area contributed by atoms with Crippen LogP contribution in [0.5, 0.6) is 11.5 Å². The van der Waals surface area contributed by atoms with E-state index in [-0.39, 0.29) is 18.6 Å². The van der Waals surface area contributed by atoms with Gasteiger partial charge in [0.1, 0.15) is 5.75 Å². The third-order valence-electron chi connectivity index (χ3n) is 3.21. The summed E-state index contributed by atoms with van der Waals surface area (Å²) < 4.78 is 23.2. The molecule has 0 unspecified atom stereocenters. The van der Waals surface area contributed by atoms with Gasteiger partial charge in [-0.25, -0.2) is 4.39 Å². The molecular formula is C21H27FO6. The fourth-order valence-corrected chi connectivity index (χ4v) is 2.17. The van der Waals surface area contributed by atoms with Crippen molar-refractivity contribution in [3.05, 3.63) is 59.4 Å². The molecule has 154 valence electrons. The second-order valence-corrected chi connectivity index (χ2v) is 5.11. The van der Waals surface area contributed by atoms with Crippen molar-refractivity contribution in [1.29, 1.82) is 0 Å². The van der Waals surface area contributed by atoms with Gasteiger partial charge in [-0.05, 0) is 19.1 Å². The van der Waals surface area contributed by atoms with Gasteiger partial charge in [0.15, 0.2) is 11.6 Å². The Morgan fingerprint density at radius 1 is 0.929 bits per heavy atom. The van der Waals surface area contributed by atoms with E-state index in [2.05, 4.69) is 0 Å². The fraction of sp³-hybridized carbons (Fsp3) is 0.333. The molecule has 0 aliphatic carbocycles. The van der Waals surface area contributed by atoms with E-state index in [0.717, 1.165) is 0 Å². The van der Waals surface area contributed by atoms with Crippen molar-refractivity contribution >= 4 is 11.9 Å². The van der Waals surface area contributed by atoms with Gasteiger partial charge in [-0.3, -0.25) is 9.59 Å². The lowest BCUT2D eigenvalue weighted by Crippen LogP contribution is -2.05. The molecule has 0 fully saturated rings. The molecule has 7 heteroatoms. The van der Waals surface area contributed by atoms with Crippen molar-refractivity contribution in [3.63, 3.8) is 0 Å². The summed E-state index contributed by atoms with van der Waals surface area (Å²) in [6.07, 6.45) is -0.225. The van der Waals surface area contributed by atoms with Gasteiger partial charge in [0.2, 0.25) is 0 Å². The zero-order valence-electron chi connectivity index (χ0n) is 16.6. The number of hydrogen-bond acceptors (Lipinski definition) is 4. The van der Waals surface area contributed by atoms with Crippen LogP contribution in [0.15, 0.2) is 42.5 Å². The molecule has 0 aliphatic rings. The molecule has 2 aromatic rings. The predicted molar refractivity (Wildman–Crippen MR) is 105 cm³/mol. The maximum absolute atomic E-state index is 13.2. The van der Waals surface area contributed by atoms with Crippen molar-refractivity contribution in [2.45, 2.75) is 33.6 Å². The molecule has 2 rings (SSSR count). The lowest BCUT2D eigenvalue weighted by Gasteiger charge is -2.08. The summed E-state index contributed by atoms with van der Waals surface area (Å²) in [7, 11) is 1.53. The Balaban J connectivity index is 0.000000483. The summed E-state index contributed by atoms with van der Waals surface area (Å²) in [4.78, 5) is 20.8. The molecule has 0 heterocycles. The molecule has 6 nitrogen and oxygen atoms in total. The van der Waals surface area contributed by atoms with Gasteiger partial charge in [-0.1, -0.05) is 44.2 Å². The monoisotopic (exact) mass is 394 g/mol. The van der Waals surface area contributed by atoms with E-state index < -0.39 is 17.8 Å². The number of benzene rings is 2. The van der Waals surface area contributed by atoms with E-state index in [1.165, 1.54) is 19.2 Å². The zero-order chi connectivity index (χ0) is 21.5. The normalized spacial score (nSPS) is 9.18. The Bertz CT molecular complexity index is 745. The van der Waals surface area contributed by atoms with Gasteiger partial charge < -0.3 is 19.7 Å². The minimum Gasteiger partial charge on any atom is -0.496 e. The van der Waals surface area contributed by atoms with E-state index in [0.29, 0.717) is 23.5 Å². The van der Waals surface area contributed by atoms with Gasteiger partial charge >= 0.3 is 11.9 Å². The smallest absolute Gasteiger partial charge is 0.307 e. The Kier molecular flexibility index (Phi) is 12.5. The van der Waals surface area contributed by atoms with Crippen LogP contribution in [0.1, 0.15) is 31.9 Å². The van der Waals surface area contributed by atoms with Crippen molar-refractivity contribution in [1.82, 2.24) is 0 Å². The van der Waals surface area contributed by atoms with Crippen LogP contribution in [0.3, 0.4) is 0 Å². The van der Waals surface area contributed by atoms with Crippen LogP contribution in [-0.2, 0) is 22.4 Å². The quantitative estimate of drug-likeness (QED) is 0.731. The third kappa shape index (κ3) is 9.02. The minimum absolute atomic E-state index is 0.00398.